The number of benzene rings is 2. The number of rotatable bonds is 3. The van der Waals surface area contributed by atoms with Crippen LogP contribution in [0.2, 0.25) is 15.1 Å². The van der Waals surface area contributed by atoms with Crippen LogP contribution in [0.5, 0.6) is 0 Å². The second-order valence-corrected chi connectivity index (χ2v) is 6.57. The smallest absolute Gasteiger partial charge is 0.303 e. The molecule has 134 valence electrons. The average molecular weight is 413 g/mol. The van der Waals surface area contributed by atoms with Crippen molar-refractivity contribution < 1.29 is 14.3 Å². The molecule has 0 bridgehead atoms. The van der Waals surface area contributed by atoms with E-state index in [0.29, 0.717) is 21.4 Å². The van der Waals surface area contributed by atoms with E-state index in [-0.39, 0.29) is 10.9 Å². The predicted molar refractivity (Wildman–Crippen MR) is 101 cm³/mol. The molecule has 1 aliphatic rings. The third kappa shape index (κ3) is 3.77. The van der Waals surface area contributed by atoms with Crippen LogP contribution in [0.1, 0.15) is 6.92 Å². The maximum absolute atomic E-state index is 12.8. The van der Waals surface area contributed by atoms with Crippen molar-refractivity contribution in [1.29, 1.82) is 0 Å². The highest BCUT2D eigenvalue weighted by Crippen LogP contribution is 2.31. The Bertz CT molecular complexity index is 917. The molecule has 1 N–H and O–H groups in total. The molecule has 1 amide bonds. The van der Waals surface area contributed by atoms with Crippen molar-refractivity contribution in [2.75, 3.05) is 5.01 Å². The average Bonchev–Trinajstić information content (AvgIpc) is 2.88. The summed E-state index contributed by atoms with van der Waals surface area (Å²) in [6.07, 6.45) is -1.25. The van der Waals surface area contributed by atoms with Gasteiger partial charge in [0.2, 0.25) is 6.10 Å². The molecular weight excluding hydrogens is 401 g/mol. The molecule has 3 rings (SSSR count). The van der Waals surface area contributed by atoms with Crippen LogP contribution >= 0.6 is 34.8 Å². The fourth-order valence-corrected chi connectivity index (χ4v) is 2.87. The first-order valence-electron chi connectivity index (χ1n) is 7.43. The molecule has 2 aromatic rings. The zero-order valence-corrected chi connectivity index (χ0v) is 15.6. The highest BCUT2D eigenvalue weighted by molar-refractivity contribution is 6.36. The topological polar surface area (TPSA) is 71.0 Å². The highest BCUT2D eigenvalue weighted by atomic mass is 35.5. The maximum atomic E-state index is 12.8. The summed E-state index contributed by atoms with van der Waals surface area (Å²) < 4.78 is 5.13. The molecule has 6 nitrogen and oxygen atoms in total. The molecule has 0 saturated carbocycles. The van der Waals surface area contributed by atoms with Gasteiger partial charge in [0.1, 0.15) is 0 Å². The van der Waals surface area contributed by atoms with E-state index in [9.17, 15) is 9.59 Å². The molecule has 1 atom stereocenters. The summed E-state index contributed by atoms with van der Waals surface area (Å²) in [4.78, 5) is 28.5. The van der Waals surface area contributed by atoms with E-state index in [1.165, 1.54) is 13.0 Å². The van der Waals surface area contributed by atoms with E-state index in [1.807, 2.05) is 0 Å². The summed E-state index contributed by atoms with van der Waals surface area (Å²) >= 11 is 18.3. The third-order valence-corrected chi connectivity index (χ3v) is 4.32. The Morgan fingerprint density at radius 3 is 2.58 bits per heavy atom. The Labute approximate surface area is 164 Å². The van der Waals surface area contributed by atoms with Crippen LogP contribution < -0.4 is 10.4 Å². The number of hydrazine groups is 1. The SMILES string of the molecule is CC(=O)OC1C(=O)N(c2cc(Cl)ccc2Cl)NC1=Nc1ccccc1Cl. The maximum Gasteiger partial charge on any atom is 0.303 e. The number of ether oxygens (including phenoxy) is 1. The first kappa shape index (κ1) is 18.5. The molecule has 1 heterocycles. The molecule has 1 aliphatic heterocycles. The second-order valence-electron chi connectivity index (χ2n) is 5.32. The number of halogens is 3. The second kappa shape index (κ2) is 7.53. The minimum Gasteiger partial charge on any atom is -0.444 e. The fraction of sp³-hybridized carbons (Fsp3) is 0.118. The molecular formula is C17H12Cl3N3O3. The first-order chi connectivity index (χ1) is 12.4. The van der Waals surface area contributed by atoms with Crippen molar-refractivity contribution in [3.8, 4) is 0 Å². The van der Waals surface area contributed by atoms with Gasteiger partial charge in [-0.15, -0.1) is 0 Å². The highest BCUT2D eigenvalue weighted by Gasteiger charge is 2.41. The molecule has 0 aromatic heterocycles. The Balaban J connectivity index is 2.04. The quantitative estimate of drug-likeness (QED) is 0.769. The molecule has 9 heteroatoms. The van der Waals surface area contributed by atoms with E-state index in [4.69, 9.17) is 39.5 Å². The Morgan fingerprint density at radius 1 is 1.15 bits per heavy atom. The van der Waals surface area contributed by atoms with Crippen molar-refractivity contribution in [1.82, 2.24) is 5.43 Å². The van der Waals surface area contributed by atoms with Crippen molar-refractivity contribution in [2.45, 2.75) is 13.0 Å². The van der Waals surface area contributed by atoms with Crippen molar-refractivity contribution >= 4 is 63.9 Å². The van der Waals surface area contributed by atoms with Gasteiger partial charge in [-0.3, -0.25) is 15.0 Å². The number of anilines is 1. The number of para-hydroxylation sites is 1. The number of esters is 1. The van der Waals surface area contributed by atoms with Gasteiger partial charge in [-0.1, -0.05) is 46.9 Å². The molecule has 1 unspecified atom stereocenters. The van der Waals surface area contributed by atoms with E-state index in [2.05, 4.69) is 10.4 Å². The number of carbonyl (C=O) groups is 2. The summed E-state index contributed by atoms with van der Waals surface area (Å²) in [7, 11) is 0. The van der Waals surface area contributed by atoms with Gasteiger partial charge in [0.25, 0.3) is 5.91 Å². The third-order valence-electron chi connectivity index (χ3n) is 3.45. The Morgan fingerprint density at radius 2 is 1.88 bits per heavy atom. The lowest BCUT2D eigenvalue weighted by Gasteiger charge is -2.17. The monoisotopic (exact) mass is 411 g/mol. The van der Waals surface area contributed by atoms with Crippen LogP contribution in [0.3, 0.4) is 0 Å². The number of amides is 1. The molecule has 2 aromatic carbocycles. The van der Waals surface area contributed by atoms with E-state index < -0.39 is 18.0 Å². The van der Waals surface area contributed by atoms with E-state index in [1.54, 1.807) is 36.4 Å². The molecule has 1 saturated heterocycles. The summed E-state index contributed by atoms with van der Waals surface area (Å²) in [5.41, 5.74) is 3.54. The molecule has 1 fully saturated rings. The van der Waals surface area contributed by atoms with E-state index >= 15 is 0 Å². The van der Waals surface area contributed by atoms with Crippen LogP contribution in [-0.2, 0) is 14.3 Å². The molecule has 0 spiro atoms. The number of carbonyl (C=O) groups excluding carboxylic acids is 2. The van der Waals surface area contributed by atoms with Gasteiger partial charge >= 0.3 is 5.97 Å². The normalized spacial score (nSPS) is 18.2. The standard InChI is InChI=1S/C17H12Cl3N3O3/c1-9(24)26-15-16(21-13-5-3-2-4-11(13)19)22-23(17(15)25)14-8-10(18)6-7-12(14)20/h2-8,15H,1H3,(H,21,22). The minimum absolute atomic E-state index is 0.106. The molecule has 26 heavy (non-hydrogen) atoms. The number of hydrogen-bond donors (Lipinski definition) is 1. The lowest BCUT2D eigenvalue weighted by molar-refractivity contribution is -0.148. The Hall–Kier alpha value is -2.28. The lowest BCUT2D eigenvalue weighted by Crippen LogP contribution is -2.36. The zero-order valence-electron chi connectivity index (χ0n) is 13.4. The van der Waals surface area contributed by atoms with Crippen LogP contribution in [0.4, 0.5) is 11.4 Å². The summed E-state index contributed by atoms with van der Waals surface area (Å²) in [6, 6.07) is 11.5. The van der Waals surface area contributed by atoms with Crippen LogP contribution in [-0.4, -0.2) is 23.8 Å². The van der Waals surface area contributed by atoms with Gasteiger partial charge < -0.3 is 4.74 Å². The van der Waals surface area contributed by atoms with Gasteiger partial charge in [0.15, 0.2) is 5.84 Å². The number of hydrogen-bond acceptors (Lipinski definition) is 4. The fourth-order valence-electron chi connectivity index (χ4n) is 2.33. The van der Waals surface area contributed by atoms with E-state index in [0.717, 1.165) is 5.01 Å². The number of nitrogens with one attached hydrogen (secondary N) is 1. The van der Waals surface area contributed by atoms with Gasteiger partial charge in [0, 0.05) is 11.9 Å². The number of aliphatic imine (C=N–C) groups is 1. The van der Waals surface area contributed by atoms with Gasteiger partial charge in [-0.25, -0.2) is 10.0 Å². The first-order valence-corrected chi connectivity index (χ1v) is 8.56. The summed E-state index contributed by atoms with van der Waals surface area (Å²) in [6.45, 7) is 1.20. The number of nitrogens with zero attached hydrogens (tertiary/aromatic N) is 2. The van der Waals surface area contributed by atoms with Crippen LogP contribution in [0.25, 0.3) is 0 Å². The number of amidine groups is 1. The molecule has 0 aliphatic carbocycles. The molecule has 0 radical (unpaired) electrons. The lowest BCUT2D eigenvalue weighted by atomic mass is 10.2. The minimum atomic E-state index is -1.25. The predicted octanol–water partition coefficient (Wildman–Crippen LogP) is 4.16. The van der Waals surface area contributed by atoms with Gasteiger partial charge in [-0.05, 0) is 30.3 Å². The summed E-state index contributed by atoms with van der Waals surface area (Å²) in [5.74, 6) is -1.08. The van der Waals surface area contributed by atoms with Gasteiger partial charge in [0.05, 0.1) is 21.4 Å². The van der Waals surface area contributed by atoms with Crippen molar-refractivity contribution in [3.05, 3.63) is 57.5 Å². The van der Waals surface area contributed by atoms with Crippen LogP contribution in [0.15, 0.2) is 47.5 Å². The van der Waals surface area contributed by atoms with Gasteiger partial charge in [-0.2, -0.15) is 0 Å². The summed E-state index contributed by atoms with van der Waals surface area (Å²) in [5, 5.41) is 2.20. The van der Waals surface area contributed by atoms with Crippen molar-refractivity contribution in [3.63, 3.8) is 0 Å². The van der Waals surface area contributed by atoms with Crippen LogP contribution in [0, 0.1) is 0 Å². The zero-order chi connectivity index (χ0) is 18.8. The Kier molecular flexibility index (Phi) is 5.36. The van der Waals surface area contributed by atoms with Crippen molar-refractivity contribution in [2.24, 2.45) is 4.99 Å². The largest absolute Gasteiger partial charge is 0.444 e.